The summed E-state index contributed by atoms with van der Waals surface area (Å²) in [4.78, 5) is 23.4. The van der Waals surface area contributed by atoms with Crippen LogP contribution < -0.4 is 0 Å². The number of hydrogen-bond donors (Lipinski definition) is 0. The molecule has 1 spiro atoms. The minimum Gasteiger partial charge on any atom is -0.337 e. The van der Waals surface area contributed by atoms with Crippen LogP contribution in [-0.2, 0) is 17.6 Å². The number of hydrogen-bond acceptors (Lipinski definition) is 3. The second-order valence-corrected chi connectivity index (χ2v) is 9.16. The molecule has 28 heavy (non-hydrogen) atoms. The third-order valence-electron chi connectivity index (χ3n) is 7.80. The maximum atomic E-state index is 13.8. The van der Waals surface area contributed by atoms with Gasteiger partial charge in [-0.1, -0.05) is 30.3 Å². The van der Waals surface area contributed by atoms with Gasteiger partial charge in [0.2, 0.25) is 5.91 Å². The lowest BCUT2D eigenvalue weighted by Gasteiger charge is -2.34. The second kappa shape index (κ2) is 5.90. The molecule has 4 aliphatic rings. The van der Waals surface area contributed by atoms with E-state index in [2.05, 4.69) is 59.2 Å². The van der Waals surface area contributed by atoms with Crippen LogP contribution in [0, 0.1) is 12.8 Å². The number of nitrogens with zero attached hydrogens (tertiary/aromatic N) is 3. The van der Waals surface area contributed by atoms with Crippen molar-refractivity contribution in [3.05, 3.63) is 65.0 Å². The number of benzene rings is 1. The SMILES string of the molecule is Cc1cccc([C@@H]2C[C@H]3CN(C4Cc5ccccc5C4)C(=O)[C@]34CCCN24)n1. The number of aromatic nitrogens is 1. The Morgan fingerprint density at radius 1 is 1.07 bits per heavy atom. The van der Waals surface area contributed by atoms with Gasteiger partial charge in [0.05, 0.1) is 11.7 Å². The first kappa shape index (κ1) is 16.7. The van der Waals surface area contributed by atoms with Crippen molar-refractivity contribution < 1.29 is 4.79 Å². The average Bonchev–Trinajstić information content (AvgIpc) is 3.42. The van der Waals surface area contributed by atoms with Gasteiger partial charge in [0.25, 0.3) is 0 Å². The molecule has 3 aliphatic heterocycles. The number of carbonyl (C=O) groups is 1. The fourth-order valence-corrected chi connectivity index (χ4v) is 6.63. The van der Waals surface area contributed by atoms with Gasteiger partial charge >= 0.3 is 0 Å². The van der Waals surface area contributed by atoms with E-state index in [0.29, 0.717) is 23.9 Å². The first-order valence-corrected chi connectivity index (χ1v) is 10.7. The summed E-state index contributed by atoms with van der Waals surface area (Å²) in [5.41, 5.74) is 4.83. The van der Waals surface area contributed by atoms with E-state index < -0.39 is 0 Å². The second-order valence-electron chi connectivity index (χ2n) is 9.16. The topological polar surface area (TPSA) is 36.4 Å². The van der Waals surface area contributed by atoms with Crippen LogP contribution >= 0.6 is 0 Å². The maximum Gasteiger partial charge on any atom is 0.243 e. The Hall–Kier alpha value is -2.20. The molecule has 4 heteroatoms. The summed E-state index contributed by atoms with van der Waals surface area (Å²) < 4.78 is 0. The highest BCUT2D eigenvalue weighted by Gasteiger charge is 2.66. The van der Waals surface area contributed by atoms with Crippen molar-refractivity contribution in [3.63, 3.8) is 0 Å². The summed E-state index contributed by atoms with van der Waals surface area (Å²) in [5, 5.41) is 0. The van der Waals surface area contributed by atoms with Crippen LogP contribution in [0.25, 0.3) is 0 Å². The minimum absolute atomic E-state index is 0.259. The standard InChI is InChI=1S/C24H27N3O/c1-16-6-4-9-21(25-16)22-14-19-15-26(23(28)24(19)10-5-11-27(22)24)20-12-17-7-2-3-8-18(17)13-20/h2-4,6-9,19-20,22H,5,10-15H2,1H3/t19-,22-,24-/m0/s1. The van der Waals surface area contributed by atoms with Crippen molar-refractivity contribution in [2.24, 2.45) is 5.92 Å². The van der Waals surface area contributed by atoms with Gasteiger partial charge in [-0.15, -0.1) is 0 Å². The van der Waals surface area contributed by atoms with Crippen LogP contribution in [0.1, 0.15) is 47.8 Å². The van der Waals surface area contributed by atoms with Gasteiger partial charge in [-0.3, -0.25) is 14.7 Å². The van der Waals surface area contributed by atoms with Crippen molar-refractivity contribution in [1.29, 1.82) is 0 Å². The van der Waals surface area contributed by atoms with E-state index in [9.17, 15) is 4.79 Å². The summed E-state index contributed by atoms with van der Waals surface area (Å²) in [6, 6.07) is 15.7. The number of amides is 1. The van der Waals surface area contributed by atoms with Crippen LogP contribution in [0.15, 0.2) is 42.5 Å². The fourth-order valence-electron chi connectivity index (χ4n) is 6.63. The Morgan fingerprint density at radius 3 is 2.61 bits per heavy atom. The molecule has 1 aromatic heterocycles. The van der Waals surface area contributed by atoms with Crippen LogP contribution in [0.2, 0.25) is 0 Å². The van der Waals surface area contributed by atoms with E-state index in [4.69, 9.17) is 4.98 Å². The van der Waals surface area contributed by atoms with E-state index in [1.807, 2.05) is 0 Å². The van der Waals surface area contributed by atoms with Gasteiger partial charge in [0, 0.05) is 24.2 Å². The van der Waals surface area contributed by atoms with Crippen LogP contribution in [0.4, 0.5) is 0 Å². The third-order valence-corrected chi connectivity index (χ3v) is 7.80. The smallest absolute Gasteiger partial charge is 0.243 e. The van der Waals surface area contributed by atoms with Gasteiger partial charge in [-0.25, -0.2) is 0 Å². The molecule has 0 radical (unpaired) electrons. The molecular formula is C24H27N3O. The molecule has 2 aromatic rings. The summed E-state index contributed by atoms with van der Waals surface area (Å²) in [6.45, 7) is 4.02. The summed E-state index contributed by atoms with van der Waals surface area (Å²) in [5.74, 6) is 0.849. The van der Waals surface area contributed by atoms with Crippen LogP contribution in [0.3, 0.4) is 0 Å². The molecule has 1 amide bonds. The van der Waals surface area contributed by atoms with Gasteiger partial charge in [-0.2, -0.15) is 0 Å². The zero-order chi connectivity index (χ0) is 18.9. The van der Waals surface area contributed by atoms with Crippen LogP contribution in [-0.4, -0.2) is 45.4 Å². The van der Waals surface area contributed by atoms with Gasteiger partial charge in [-0.05, 0) is 68.8 Å². The Balaban J connectivity index is 1.30. The highest BCUT2D eigenvalue weighted by molar-refractivity contribution is 5.90. The molecule has 0 saturated carbocycles. The minimum atomic E-state index is -0.259. The molecule has 4 heterocycles. The first-order chi connectivity index (χ1) is 13.7. The highest BCUT2D eigenvalue weighted by Crippen LogP contribution is 2.56. The van der Waals surface area contributed by atoms with Gasteiger partial charge in [0.1, 0.15) is 5.54 Å². The van der Waals surface area contributed by atoms with Crippen LogP contribution in [0.5, 0.6) is 0 Å². The largest absolute Gasteiger partial charge is 0.337 e. The lowest BCUT2D eigenvalue weighted by molar-refractivity contribution is -0.138. The zero-order valence-corrected chi connectivity index (χ0v) is 16.5. The van der Waals surface area contributed by atoms with Crippen molar-refractivity contribution in [2.75, 3.05) is 13.1 Å². The van der Waals surface area contributed by atoms with Crippen molar-refractivity contribution in [3.8, 4) is 0 Å². The van der Waals surface area contributed by atoms with Crippen molar-refractivity contribution >= 4 is 5.91 Å². The number of carbonyl (C=O) groups excluding carboxylic acids is 1. The predicted octanol–water partition coefficient (Wildman–Crippen LogP) is 3.30. The Kier molecular flexibility index (Phi) is 3.52. The molecule has 3 fully saturated rings. The normalized spacial score (nSPS) is 32.0. The van der Waals surface area contributed by atoms with Crippen molar-refractivity contribution in [2.45, 2.75) is 56.7 Å². The Morgan fingerprint density at radius 2 is 1.86 bits per heavy atom. The summed E-state index contributed by atoms with van der Waals surface area (Å²) >= 11 is 0. The summed E-state index contributed by atoms with van der Waals surface area (Å²) in [6.07, 6.45) is 5.26. The third kappa shape index (κ3) is 2.15. The molecule has 4 nitrogen and oxygen atoms in total. The molecule has 0 unspecified atom stereocenters. The average molecular weight is 374 g/mol. The maximum absolute atomic E-state index is 13.8. The number of rotatable bonds is 2. The van der Waals surface area contributed by atoms with Crippen molar-refractivity contribution in [1.82, 2.24) is 14.8 Å². The highest BCUT2D eigenvalue weighted by atomic mass is 16.2. The monoisotopic (exact) mass is 373 g/mol. The Bertz CT molecular complexity index is 931. The molecule has 3 saturated heterocycles. The fraction of sp³-hybridized carbons (Fsp3) is 0.500. The predicted molar refractivity (Wildman–Crippen MR) is 108 cm³/mol. The number of aryl methyl sites for hydroxylation is 1. The molecule has 144 valence electrons. The van der Waals surface area contributed by atoms with E-state index in [-0.39, 0.29) is 5.54 Å². The molecule has 0 N–H and O–H groups in total. The van der Waals surface area contributed by atoms with Gasteiger partial charge in [0.15, 0.2) is 0 Å². The zero-order valence-electron chi connectivity index (χ0n) is 16.5. The molecule has 1 aromatic carbocycles. The molecular weight excluding hydrogens is 346 g/mol. The van der Waals surface area contributed by atoms with E-state index in [1.165, 1.54) is 11.1 Å². The Labute approximate surface area is 166 Å². The van der Waals surface area contributed by atoms with Gasteiger partial charge < -0.3 is 4.90 Å². The first-order valence-electron chi connectivity index (χ1n) is 10.7. The summed E-state index contributed by atoms with van der Waals surface area (Å²) in [7, 11) is 0. The number of likely N-dealkylation sites (tertiary alicyclic amines) is 1. The molecule has 3 atom stereocenters. The molecule has 6 rings (SSSR count). The quantitative estimate of drug-likeness (QED) is 0.810. The molecule has 0 bridgehead atoms. The van der Waals surface area contributed by atoms with E-state index in [1.54, 1.807) is 0 Å². The number of pyridine rings is 1. The lowest BCUT2D eigenvalue weighted by Crippen LogP contribution is -2.51. The lowest BCUT2D eigenvalue weighted by atomic mass is 9.85. The van der Waals surface area contributed by atoms with E-state index in [0.717, 1.165) is 56.6 Å². The molecule has 1 aliphatic carbocycles. The number of fused-ring (bicyclic) bond motifs is 1. The van der Waals surface area contributed by atoms with E-state index >= 15 is 0 Å².